The third-order valence-electron chi connectivity index (χ3n) is 13.1. The fourth-order valence-electron chi connectivity index (χ4n) is 10.1. The van der Waals surface area contributed by atoms with Crippen molar-refractivity contribution in [2.75, 3.05) is 0 Å². The maximum absolute atomic E-state index is 6.94. The fraction of sp³-hybridized carbons (Fsp3) is 0. The molecule has 5 heteroatoms. The van der Waals surface area contributed by atoms with Crippen LogP contribution in [0.2, 0.25) is 0 Å². The maximum Gasteiger partial charge on any atom is 0.164 e. The summed E-state index contributed by atoms with van der Waals surface area (Å²) < 4.78 is 9.40. The molecular weight excluding hydrogens is 781 g/mol. The molecule has 296 valence electrons. The van der Waals surface area contributed by atoms with Crippen molar-refractivity contribution in [2.24, 2.45) is 0 Å². The summed E-state index contributed by atoms with van der Waals surface area (Å²) in [6.07, 6.45) is 0. The van der Waals surface area contributed by atoms with Crippen LogP contribution < -0.4 is 0 Å². The molecule has 64 heavy (non-hydrogen) atoms. The van der Waals surface area contributed by atoms with Crippen LogP contribution in [0.1, 0.15) is 0 Å². The van der Waals surface area contributed by atoms with E-state index in [4.69, 9.17) is 19.4 Å². The topological polar surface area (TPSA) is 56.7 Å². The lowest BCUT2D eigenvalue weighted by Crippen LogP contribution is -2.00. The fourth-order valence-corrected chi connectivity index (χ4v) is 10.1. The third-order valence-corrected chi connectivity index (χ3v) is 13.1. The molecule has 0 aliphatic heterocycles. The first-order valence-electron chi connectivity index (χ1n) is 21.7. The molecule has 5 nitrogen and oxygen atoms in total. The Hall–Kier alpha value is -8.67. The average Bonchev–Trinajstić information content (AvgIpc) is 3.90. The van der Waals surface area contributed by atoms with Crippen molar-refractivity contribution in [2.45, 2.75) is 0 Å². The summed E-state index contributed by atoms with van der Waals surface area (Å²) >= 11 is 0. The molecule has 14 aromatic rings. The van der Waals surface area contributed by atoms with E-state index in [1.165, 1.54) is 54.1 Å². The van der Waals surface area contributed by atoms with E-state index in [0.29, 0.717) is 17.5 Å². The molecule has 0 bridgehead atoms. The first kappa shape index (κ1) is 35.0. The Balaban J connectivity index is 0.992. The lowest BCUT2D eigenvalue weighted by atomic mass is 10.0. The highest BCUT2D eigenvalue weighted by Crippen LogP contribution is 2.44. The van der Waals surface area contributed by atoms with Gasteiger partial charge in [0.2, 0.25) is 0 Å². The molecule has 0 radical (unpaired) electrons. The number of hydrogen-bond acceptors (Lipinski definition) is 4. The molecule has 0 amide bonds. The van der Waals surface area contributed by atoms with E-state index in [2.05, 4.69) is 211 Å². The molecule has 0 N–H and O–H groups in total. The van der Waals surface area contributed by atoms with E-state index in [0.717, 1.165) is 65.9 Å². The summed E-state index contributed by atoms with van der Waals surface area (Å²) in [5.74, 6) is 1.82. The van der Waals surface area contributed by atoms with Crippen LogP contribution in [0.4, 0.5) is 0 Å². The molecule has 0 unspecified atom stereocenters. The van der Waals surface area contributed by atoms with E-state index in [1.807, 2.05) is 0 Å². The zero-order valence-electron chi connectivity index (χ0n) is 34.3. The minimum Gasteiger partial charge on any atom is -0.455 e. The summed E-state index contributed by atoms with van der Waals surface area (Å²) in [6.45, 7) is 0. The summed E-state index contributed by atoms with van der Waals surface area (Å²) in [4.78, 5) is 15.4. The number of fused-ring (bicyclic) bond motifs is 13. The largest absolute Gasteiger partial charge is 0.455 e. The minimum atomic E-state index is 0.582. The molecule has 0 fully saturated rings. The normalized spacial score (nSPS) is 12.1. The van der Waals surface area contributed by atoms with Gasteiger partial charge in [0.1, 0.15) is 11.2 Å². The lowest BCUT2D eigenvalue weighted by Gasteiger charge is -2.13. The van der Waals surface area contributed by atoms with Crippen molar-refractivity contribution in [3.63, 3.8) is 0 Å². The van der Waals surface area contributed by atoms with E-state index in [-0.39, 0.29) is 0 Å². The van der Waals surface area contributed by atoms with Gasteiger partial charge in [-0.2, -0.15) is 0 Å². The number of benzene rings is 11. The first-order chi connectivity index (χ1) is 31.7. The smallest absolute Gasteiger partial charge is 0.164 e. The third kappa shape index (κ3) is 5.28. The van der Waals surface area contributed by atoms with Gasteiger partial charge in [-0.1, -0.05) is 158 Å². The van der Waals surface area contributed by atoms with Crippen molar-refractivity contribution in [1.29, 1.82) is 0 Å². The second kappa shape index (κ2) is 13.4. The Kier molecular flexibility index (Phi) is 7.33. The van der Waals surface area contributed by atoms with Gasteiger partial charge in [0.25, 0.3) is 0 Å². The van der Waals surface area contributed by atoms with Crippen molar-refractivity contribution >= 4 is 97.6 Å². The van der Waals surface area contributed by atoms with Gasteiger partial charge < -0.3 is 8.98 Å². The monoisotopic (exact) mass is 814 g/mol. The SMILES string of the molecule is c1ccc2cc(-c3nc(-c4ccc5ccccc5c4)nc(-c4ccc5c(c4)oc4c6ccccc6c(-n6c7cc8ccccc8cc7c7c8ccccc8ccc76)cc54)n3)ccc2c1. The average molecular weight is 815 g/mol. The van der Waals surface area contributed by atoms with Crippen molar-refractivity contribution in [3.8, 4) is 39.9 Å². The van der Waals surface area contributed by atoms with Crippen molar-refractivity contribution in [1.82, 2.24) is 19.5 Å². The van der Waals surface area contributed by atoms with Crippen molar-refractivity contribution in [3.05, 3.63) is 206 Å². The molecule has 0 aliphatic carbocycles. The highest BCUT2D eigenvalue weighted by Gasteiger charge is 2.22. The number of rotatable bonds is 4. The van der Waals surface area contributed by atoms with Crippen LogP contribution in [0.5, 0.6) is 0 Å². The number of nitrogens with zero attached hydrogens (tertiary/aromatic N) is 4. The highest BCUT2D eigenvalue weighted by molar-refractivity contribution is 6.25. The van der Waals surface area contributed by atoms with Crippen molar-refractivity contribution < 1.29 is 4.42 Å². The summed E-state index contributed by atoms with van der Waals surface area (Å²) in [5.41, 5.74) is 7.79. The Morgan fingerprint density at radius 3 is 1.47 bits per heavy atom. The van der Waals surface area contributed by atoms with E-state index >= 15 is 0 Å². The van der Waals surface area contributed by atoms with Gasteiger partial charge in [-0.25, -0.2) is 15.0 Å². The first-order valence-corrected chi connectivity index (χ1v) is 21.7. The molecule has 14 rings (SSSR count). The van der Waals surface area contributed by atoms with Crippen LogP contribution in [0.15, 0.2) is 211 Å². The van der Waals surface area contributed by atoms with Gasteiger partial charge in [-0.15, -0.1) is 0 Å². The Bertz CT molecular complexity index is 4180. The standard InChI is InChI=1S/C59H34N4O/c1-3-14-38-29-42(23-21-35(38)11-1)57-60-58(43-24-22-36-12-2-4-15-39(36)30-43)62-59(61-57)44-25-27-47-49-34-53(46-19-9-10-20-48(46)56(49)64-54(47)33-44)63-51-28-26-37-13-7-8-18-45(37)55(51)50-31-40-16-5-6-17-41(40)32-52(50)63/h1-34H. The molecule has 0 saturated heterocycles. The van der Waals surface area contributed by atoms with Gasteiger partial charge >= 0.3 is 0 Å². The molecule has 0 spiro atoms. The summed E-state index contributed by atoms with van der Waals surface area (Å²) in [6, 6.07) is 73.5. The van der Waals surface area contributed by atoms with Gasteiger partial charge in [0, 0.05) is 49.0 Å². The Morgan fingerprint density at radius 1 is 0.312 bits per heavy atom. The summed E-state index contributed by atoms with van der Waals surface area (Å²) in [7, 11) is 0. The second-order valence-electron chi connectivity index (χ2n) is 16.8. The van der Waals surface area contributed by atoms with E-state index in [1.54, 1.807) is 0 Å². The summed E-state index contributed by atoms with van der Waals surface area (Å²) in [5, 5.41) is 16.3. The molecule has 3 aromatic heterocycles. The number of aromatic nitrogens is 4. The number of hydrogen-bond donors (Lipinski definition) is 0. The van der Waals surface area contributed by atoms with Crippen LogP contribution in [0.25, 0.3) is 137 Å². The zero-order valence-corrected chi connectivity index (χ0v) is 34.3. The molecule has 0 aliphatic rings. The van der Waals surface area contributed by atoms with Gasteiger partial charge in [0.05, 0.1) is 16.7 Å². The lowest BCUT2D eigenvalue weighted by molar-refractivity contribution is 0.672. The van der Waals surface area contributed by atoms with Gasteiger partial charge in [-0.05, 0) is 91.6 Å². The van der Waals surface area contributed by atoms with Crippen LogP contribution >= 0.6 is 0 Å². The molecule has 11 aromatic carbocycles. The van der Waals surface area contributed by atoms with Crippen LogP contribution in [-0.4, -0.2) is 19.5 Å². The van der Waals surface area contributed by atoms with Gasteiger partial charge in [-0.3, -0.25) is 0 Å². The predicted octanol–water partition coefficient (Wildman–Crippen LogP) is 15.6. The van der Waals surface area contributed by atoms with Gasteiger partial charge in [0.15, 0.2) is 17.5 Å². The predicted molar refractivity (Wildman–Crippen MR) is 265 cm³/mol. The minimum absolute atomic E-state index is 0.582. The van der Waals surface area contributed by atoms with Crippen LogP contribution in [-0.2, 0) is 0 Å². The van der Waals surface area contributed by atoms with Crippen LogP contribution in [0, 0.1) is 0 Å². The second-order valence-corrected chi connectivity index (χ2v) is 16.8. The molecule has 3 heterocycles. The van der Waals surface area contributed by atoms with Crippen LogP contribution in [0.3, 0.4) is 0 Å². The highest BCUT2D eigenvalue weighted by atomic mass is 16.3. The maximum atomic E-state index is 6.94. The Labute approximate surface area is 366 Å². The number of furan rings is 1. The van der Waals surface area contributed by atoms with E-state index in [9.17, 15) is 0 Å². The zero-order chi connectivity index (χ0) is 41.9. The molecule has 0 atom stereocenters. The Morgan fingerprint density at radius 2 is 0.812 bits per heavy atom. The quantitative estimate of drug-likeness (QED) is 0.178. The molecule has 0 saturated carbocycles. The molecular formula is C59H34N4O. The van der Waals surface area contributed by atoms with E-state index < -0.39 is 0 Å².